The number of rotatable bonds is 3. The van der Waals surface area contributed by atoms with Crippen LogP contribution in [0.1, 0.15) is 38.8 Å². The van der Waals surface area contributed by atoms with Gasteiger partial charge in [-0.1, -0.05) is 30.3 Å². The number of alkyl halides is 2. The third-order valence-electron chi connectivity index (χ3n) is 3.71. The lowest BCUT2D eigenvalue weighted by atomic mass is 9.93. The van der Waals surface area contributed by atoms with Crippen LogP contribution in [0, 0.1) is 0 Å². The Morgan fingerprint density at radius 3 is 2.43 bits per heavy atom. The topological polar surface area (TPSA) is 27.6 Å². The van der Waals surface area contributed by atoms with E-state index in [0.29, 0.717) is 5.82 Å². The van der Waals surface area contributed by atoms with Crippen molar-refractivity contribution in [3.63, 3.8) is 0 Å². The maximum Gasteiger partial charge on any atom is 0.267 e. The van der Waals surface area contributed by atoms with Crippen LogP contribution in [0.4, 0.5) is 8.78 Å². The number of hydrogen-bond donors (Lipinski definition) is 1. The van der Waals surface area contributed by atoms with E-state index in [1.165, 1.54) is 5.01 Å². The molecule has 0 radical (unpaired) electrons. The predicted molar refractivity (Wildman–Crippen MR) is 81.1 cm³/mol. The smallest absolute Gasteiger partial charge is 0.267 e. The summed E-state index contributed by atoms with van der Waals surface area (Å²) < 4.78 is 28.0. The molecule has 1 N–H and O–H groups in total. The fourth-order valence-corrected chi connectivity index (χ4v) is 2.64. The number of halogens is 2. The first-order chi connectivity index (χ1) is 9.84. The molecular weight excluding hydrogens is 272 g/mol. The highest BCUT2D eigenvalue weighted by molar-refractivity contribution is 5.28. The predicted octanol–water partition coefficient (Wildman–Crippen LogP) is 3.91. The van der Waals surface area contributed by atoms with Crippen molar-refractivity contribution in [2.24, 2.45) is 5.10 Å². The SMILES string of the molecule is C=NN1C(=C(C)C)NC(c2ccccc2)CC1C(C)(F)F. The first-order valence-corrected chi connectivity index (χ1v) is 6.97. The zero-order chi connectivity index (χ0) is 15.6. The van der Waals surface area contributed by atoms with Gasteiger partial charge in [-0.2, -0.15) is 5.10 Å². The zero-order valence-corrected chi connectivity index (χ0v) is 12.6. The molecular formula is C16H21F2N3. The van der Waals surface area contributed by atoms with Crippen molar-refractivity contribution in [2.75, 3.05) is 0 Å². The summed E-state index contributed by atoms with van der Waals surface area (Å²) in [6.07, 6.45) is 0.267. The summed E-state index contributed by atoms with van der Waals surface area (Å²) >= 11 is 0. The van der Waals surface area contributed by atoms with Gasteiger partial charge in [0.05, 0.1) is 6.04 Å². The average molecular weight is 293 g/mol. The van der Waals surface area contributed by atoms with Crippen LogP contribution >= 0.6 is 0 Å². The Balaban J connectivity index is 2.41. The highest BCUT2D eigenvalue weighted by Crippen LogP contribution is 2.37. The molecule has 0 bridgehead atoms. The van der Waals surface area contributed by atoms with Crippen LogP contribution in [-0.4, -0.2) is 23.7 Å². The lowest BCUT2D eigenvalue weighted by molar-refractivity contribution is -0.0743. The van der Waals surface area contributed by atoms with Crippen molar-refractivity contribution in [1.29, 1.82) is 0 Å². The van der Waals surface area contributed by atoms with Crippen molar-refractivity contribution < 1.29 is 8.78 Å². The third kappa shape index (κ3) is 3.23. The Labute approximate surface area is 124 Å². The molecule has 21 heavy (non-hydrogen) atoms. The monoisotopic (exact) mass is 293 g/mol. The molecule has 1 aliphatic rings. The Bertz CT molecular complexity index is 530. The molecule has 0 saturated carbocycles. The van der Waals surface area contributed by atoms with E-state index in [1.54, 1.807) is 0 Å². The quantitative estimate of drug-likeness (QED) is 0.856. The molecule has 0 spiro atoms. The van der Waals surface area contributed by atoms with E-state index in [1.807, 2.05) is 44.2 Å². The van der Waals surface area contributed by atoms with E-state index >= 15 is 0 Å². The van der Waals surface area contributed by atoms with Crippen molar-refractivity contribution in [1.82, 2.24) is 10.3 Å². The molecule has 1 aromatic rings. The molecule has 2 rings (SSSR count). The average Bonchev–Trinajstić information content (AvgIpc) is 2.45. The number of hydrogen-bond acceptors (Lipinski definition) is 3. The molecule has 1 heterocycles. The molecule has 0 aromatic heterocycles. The molecule has 3 nitrogen and oxygen atoms in total. The van der Waals surface area contributed by atoms with Crippen molar-refractivity contribution >= 4 is 6.72 Å². The summed E-state index contributed by atoms with van der Waals surface area (Å²) in [4.78, 5) is 0. The second-order valence-electron chi connectivity index (χ2n) is 5.65. The number of hydrazone groups is 1. The molecule has 0 aliphatic carbocycles. The van der Waals surface area contributed by atoms with Crippen molar-refractivity contribution in [3.05, 3.63) is 47.3 Å². The molecule has 0 amide bonds. The van der Waals surface area contributed by atoms with Gasteiger partial charge in [0.25, 0.3) is 5.92 Å². The standard InChI is InChI=1S/C16H21F2N3/c1-11(2)15-20-13(12-8-6-5-7-9-12)10-14(16(3,17)18)21(15)19-4/h5-9,13-14,20H,4,10H2,1-3H3. The van der Waals surface area contributed by atoms with E-state index in [4.69, 9.17) is 0 Å². The van der Waals surface area contributed by atoms with Gasteiger partial charge in [0, 0.05) is 20.1 Å². The van der Waals surface area contributed by atoms with Crippen LogP contribution in [0.2, 0.25) is 0 Å². The number of nitrogens with one attached hydrogen (secondary N) is 1. The second kappa shape index (κ2) is 5.84. The van der Waals surface area contributed by atoms with Crippen LogP contribution in [0.3, 0.4) is 0 Å². The van der Waals surface area contributed by atoms with E-state index in [2.05, 4.69) is 17.1 Å². The van der Waals surface area contributed by atoms with Gasteiger partial charge >= 0.3 is 0 Å². The molecule has 1 fully saturated rings. The number of allylic oxidation sites excluding steroid dienone is 1. The minimum Gasteiger partial charge on any atom is -0.363 e. The first kappa shape index (κ1) is 15.5. The van der Waals surface area contributed by atoms with E-state index < -0.39 is 12.0 Å². The van der Waals surface area contributed by atoms with Gasteiger partial charge < -0.3 is 5.32 Å². The van der Waals surface area contributed by atoms with Crippen LogP contribution in [0.5, 0.6) is 0 Å². The first-order valence-electron chi connectivity index (χ1n) is 6.97. The lowest BCUT2D eigenvalue weighted by Crippen LogP contribution is -2.52. The second-order valence-corrected chi connectivity index (χ2v) is 5.65. The Morgan fingerprint density at radius 2 is 1.95 bits per heavy atom. The van der Waals surface area contributed by atoms with Crippen LogP contribution < -0.4 is 5.32 Å². The van der Waals surface area contributed by atoms with E-state index in [0.717, 1.165) is 18.1 Å². The van der Waals surface area contributed by atoms with Crippen molar-refractivity contribution in [2.45, 2.75) is 45.2 Å². The molecule has 2 atom stereocenters. The number of benzene rings is 1. The van der Waals surface area contributed by atoms with Gasteiger partial charge in [-0.25, -0.2) is 13.8 Å². The zero-order valence-electron chi connectivity index (χ0n) is 12.6. The summed E-state index contributed by atoms with van der Waals surface area (Å²) in [5, 5.41) is 8.43. The minimum absolute atomic E-state index is 0.162. The Morgan fingerprint density at radius 1 is 1.33 bits per heavy atom. The third-order valence-corrected chi connectivity index (χ3v) is 3.71. The van der Waals surface area contributed by atoms with Crippen molar-refractivity contribution in [3.8, 4) is 0 Å². The molecule has 2 unspecified atom stereocenters. The van der Waals surface area contributed by atoms with E-state index in [9.17, 15) is 8.78 Å². The van der Waals surface area contributed by atoms with Gasteiger partial charge in [-0.05, 0) is 25.0 Å². The van der Waals surface area contributed by atoms with Gasteiger partial charge in [-0.15, -0.1) is 0 Å². The summed E-state index contributed by atoms with van der Waals surface area (Å²) in [7, 11) is 0. The van der Waals surface area contributed by atoms with Gasteiger partial charge in [0.15, 0.2) is 0 Å². The maximum absolute atomic E-state index is 14.0. The summed E-state index contributed by atoms with van der Waals surface area (Å²) in [6, 6.07) is 8.46. The van der Waals surface area contributed by atoms with Gasteiger partial charge in [-0.3, -0.25) is 0 Å². The van der Waals surface area contributed by atoms with E-state index in [-0.39, 0.29) is 12.5 Å². The fourth-order valence-electron chi connectivity index (χ4n) is 2.64. The number of nitrogens with zero attached hydrogens (tertiary/aromatic N) is 2. The molecule has 1 aromatic carbocycles. The Kier molecular flexibility index (Phi) is 4.30. The highest BCUT2D eigenvalue weighted by Gasteiger charge is 2.44. The minimum atomic E-state index is -2.86. The maximum atomic E-state index is 14.0. The fraction of sp³-hybridized carbons (Fsp3) is 0.438. The summed E-state index contributed by atoms with van der Waals surface area (Å²) in [5.41, 5.74) is 1.89. The lowest BCUT2D eigenvalue weighted by Gasteiger charge is -2.43. The van der Waals surface area contributed by atoms with Gasteiger partial charge in [0.1, 0.15) is 11.9 Å². The van der Waals surface area contributed by atoms with Crippen LogP contribution in [0.25, 0.3) is 0 Å². The molecule has 1 aliphatic heterocycles. The largest absolute Gasteiger partial charge is 0.363 e. The summed E-state index contributed by atoms with van der Waals surface area (Å²) in [5.74, 6) is -2.26. The Hall–Kier alpha value is -1.91. The molecule has 1 saturated heterocycles. The normalized spacial score (nSPS) is 22.7. The van der Waals surface area contributed by atoms with Gasteiger partial charge in [0.2, 0.25) is 0 Å². The molecule has 5 heteroatoms. The molecule has 114 valence electrons. The highest BCUT2D eigenvalue weighted by atomic mass is 19.3. The van der Waals surface area contributed by atoms with Crippen LogP contribution in [0.15, 0.2) is 46.8 Å². The van der Waals surface area contributed by atoms with Crippen LogP contribution in [-0.2, 0) is 0 Å². The summed E-state index contributed by atoms with van der Waals surface area (Å²) in [6.45, 7) is 8.13.